The number of rotatable bonds is 5. The predicted molar refractivity (Wildman–Crippen MR) is 217 cm³/mol. The zero-order valence-electron chi connectivity index (χ0n) is 28.4. The second-order valence-corrected chi connectivity index (χ2v) is 13.5. The Morgan fingerprint density at radius 2 is 0.981 bits per heavy atom. The first-order valence-electron chi connectivity index (χ1n) is 17.8. The van der Waals surface area contributed by atoms with Gasteiger partial charge in [0, 0.05) is 61.1 Å². The fourth-order valence-corrected chi connectivity index (χ4v) is 8.31. The summed E-state index contributed by atoms with van der Waals surface area (Å²) in [5.74, 6) is -0.271. The van der Waals surface area contributed by atoms with E-state index in [-0.39, 0.29) is 5.82 Å². The standard InChI is InChI=1S/C48H30FN3O/c49-31-12-10-15-33(28-31)52-41-19-7-4-16-36(41)37-26-24-34(29-45(37)52)50(35-25-27-39-38-17-6-9-23-46(38)53-47(39)30-35)43-21-11-22-44-48(43)40-18-5-8-20-42(40)51(44)32-13-2-1-3-14-32/h1-30H. The van der Waals surface area contributed by atoms with Crippen molar-refractivity contribution in [1.82, 2.24) is 9.13 Å². The van der Waals surface area contributed by atoms with Crippen LogP contribution >= 0.6 is 0 Å². The molecule has 0 fully saturated rings. The number of anilines is 3. The highest BCUT2D eigenvalue weighted by molar-refractivity contribution is 6.17. The molecule has 3 heterocycles. The van der Waals surface area contributed by atoms with E-state index < -0.39 is 0 Å². The molecule has 0 spiro atoms. The molecular formula is C48H30FN3O. The second kappa shape index (κ2) is 11.5. The quantitative estimate of drug-likeness (QED) is 0.180. The lowest BCUT2D eigenvalue weighted by Gasteiger charge is -2.27. The summed E-state index contributed by atoms with van der Waals surface area (Å²) in [7, 11) is 0. The van der Waals surface area contributed by atoms with Crippen LogP contribution < -0.4 is 4.90 Å². The Morgan fingerprint density at radius 3 is 1.81 bits per heavy atom. The molecule has 0 bridgehead atoms. The largest absolute Gasteiger partial charge is 0.456 e. The maximum absolute atomic E-state index is 14.8. The van der Waals surface area contributed by atoms with Crippen molar-refractivity contribution in [1.29, 1.82) is 0 Å². The summed E-state index contributed by atoms with van der Waals surface area (Å²) >= 11 is 0. The molecule has 11 rings (SSSR count). The average molecular weight is 684 g/mol. The van der Waals surface area contributed by atoms with Crippen LogP contribution in [0.3, 0.4) is 0 Å². The molecule has 53 heavy (non-hydrogen) atoms. The Labute approximate surface area is 303 Å². The molecule has 0 aliphatic heterocycles. The van der Waals surface area contributed by atoms with Crippen molar-refractivity contribution in [2.24, 2.45) is 0 Å². The number of nitrogens with zero attached hydrogens (tertiary/aromatic N) is 3. The number of furan rings is 1. The summed E-state index contributed by atoms with van der Waals surface area (Å²) in [6.45, 7) is 0. The molecule has 0 aliphatic rings. The van der Waals surface area contributed by atoms with Crippen molar-refractivity contribution < 1.29 is 8.81 Å². The van der Waals surface area contributed by atoms with Gasteiger partial charge in [-0.1, -0.05) is 91.0 Å². The summed E-state index contributed by atoms with van der Waals surface area (Å²) in [6.07, 6.45) is 0. The van der Waals surface area contributed by atoms with Crippen molar-refractivity contribution >= 4 is 82.6 Å². The van der Waals surface area contributed by atoms with Crippen LogP contribution in [0.4, 0.5) is 21.5 Å². The van der Waals surface area contributed by atoms with Crippen LogP contribution in [0.15, 0.2) is 186 Å². The molecule has 8 aromatic carbocycles. The second-order valence-electron chi connectivity index (χ2n) is 13.5. The minimum absolute atomic E-state index is 0.271. The Balaban J connectivity index is 1.24. The SMILES string of the molecule is Fc1cccc(-n2c3ccccc3c3ccc(N(c4ccc5c(c4)oc4ccccc45)c4cccc5c4c4ccccc4n5-c4ccccc4)cc32)c1. The highest BCUT2D eigenvalue weighted by Crippen LogP contribution is 2.46. The van der Waals surface area contributed by atoms with Crippen LogP contribution in [0.25, 0.3) is 76.9 Å². The molecule has 250 valence electrons. The van der Waals surface area contributed by atoms with Gasteiger partial charge in [0.05, 0.1) is 27.8 Å². The highest BCUT2D eigenvalue weighted by Gasteiger charge is 2.23. The molecule has 0 unspecified atom stereocenters. The van der Waals surface area contributed by atoms with E-state index in [9.17, 15) is 4.39 Å². The summed E-state index contributed by atoms with van der Waals surface area (Å²) in [5, 5.41) is 6.68. The number of fused-ring (bicyclic) bond motifs is 9. The summed E-state index contributed by atoms with van der Waals surface area (Å²) in [4.78, 5) is 2.34. The normalized spacial score (nSPS) is 11.9. The average Bonchev–Trinajstić information content (AvgIpc) is 3.86. The van der Waals surface area contributed by atoms with Gasteiger partial charge < -0.3 is 18.5 Å². The molecular weight excluding hydrogens is 654 g/mol. The Kier molecular flexibility index (Phi) is 6.40. The van der Waals surface area contributed by atoms with Crippen LogP contribution in [0.5, 0.6) is 0 Å². The van der Waals surface area contributed by atoms with E-state index in [0.29, 0.717) is 0 Å². The smallest absolute Gasteiger partial charge is 0.137 e. The molecule has 11 aromatic rings. The lowest BCUT2D eigenvalue weighted by atomic mass is 10.1. The number of hydrogen-bond donors (Lipinski definition) is 0. The first kappa shape index (κ1) is 29.6. The van der Waals surface area contributed by atoms with Crippen LogP contribution in [-0.2, 0) is 0 Å². The topological polar surface area (TPSA) is 26.2 Å². The lowest BCUT2D eigenvalue weighted by molar-refractivity contribution is 0.627. The maximum Gasteiger partial charge on any atom is 0.137 e. The minimum Gasteiger partial charge on any atom is -0.456 e. The number of aromatic nitrogens is 2. The third kappa shape index (κ3) is 4.47. The molecule has 0 N–H and O–H groups in total. The molecule has 4 nitrogen and oxygen atoms in total. The van der Waals surface area contributed by atoms with Crippen molar-refractivity contribution in [3.05, 3.63) is 188 Å². The van der Waals surface area contributed by atoms with Crippen LogP contribution in [-0.4, -0.2) is 9.13 Å². The van der Waals surface area contributed by atoms with E-state index in [4.69, 9.17) is 4.42 Å². The van der Waals surface area contributed by atoms with Crippen molar-refractivity contribution in [2.45, 2.75) is 0 Å². The highest BCUT2D eigenvalue weighted by atomic mass is 19.1. The Morgan fingerprint density at radius 1 is 0.396 bits per heavy atom. The molecule has 0 atom stereocenters. The fourth-order valence-electron chi connectivity index (χ4n) is 8.31. The molecule has 3 aromatic heterocycles. The molecule has 0 saturated heterocycles. The van der Waals surface area contributed by atoms with E-state index >= 15 is 0 Å². The number of benzene rings is 8. The van der Waals surface area contributed by atoms with Gasteiger partial charge in [-0.15, -0.1) is 0 Å². The first-order valence-corrected chi connectivity index (χ1v) is 17.8. The van der Waals surface area contributed by atoms with Crippen LogP contribution in [0.1, 0.15) is 0 Å². The van der Waals surface area contributed by atoms with Gasteiger partial charge in [-0.25, -0.2) is 4.39 Å². The third-order valence-corrected chi connectivity index (χ3v) is 10.5. The Bertz CT molecular complexity index is 3210. The maximum atomic E-state index is 14.8. The molecule has 0 amide bonds. The summed E-state index contributed by atoms with van der Waals surface area (Å²) in [6, 6.07) is 62.2. The predicted octanol–water partition coefficient (Wildman–Crippen LogP) is 13.4. The molecule has 0 saturated carbocycles. The molecule has 0 aliphatic carbocycles. The van der Waals surface area contributed by atoms with Gasteiger partial charge in [0.25, 0.3) is 0 Å². The summed E-state index contributed by atoms with van der Waals surface area (Å²) in [5.41, 5.74) is 10.8. The van der Waals surface area contributed by atoms with Crippen LogP contribution in [0, 0.1) is 5.82 Å². The van der Waals surface area contributed by atoms with E-state index in [0.717, 1.165) is 94.0 Å². The molecule has 0 radical (unpaired) electrons. The zero-order chi connectivity index (χ0) is 35.0. The zero-order valence-corrected chi connectivity index (χ0v) is 28.4. The Hall–Kier alpha value is -7.11. The van der Waals surface area contributed by atoms with E-state index in [1.165, 1.54) is 6.07 Å². The van der Waals surface area contributed by atoms with E-state index in [2.05, 4.69) is 147 Å². The monoisotopic (exact) mass is 683 g/mol. The minimum atomic E-state index is -0.271. The van der Waals surface area contributed by atoms with Crippen molar-refractivity contribution in [3.63, 3.8) is 0 Å². The lowest BCUT2D eigenvalue weighted by Crippen LogP contribution is -2.10. The van der Waals surface area contributed by atoms with E-state index in [1.54, 1.807) is 12.1 Å². The first-order chi connectivity index (χ1) is 26.2. The van der Waals surface area contributed by atoms with Crippen LogP contribution in [0.2, 0.25) is 0 Å². The third-order valence-electron chi connectivity index (χ3n) is 10.5. The van der Waals surface area contributed by atoms with Gasteiger partial charge >= 0.3 is 0 Å². The van der Waals surface area contributed by atoms with Crippen molar-refractivity contribution in [2.75, 3.05) is 4.90 Å². The van der Waals surface area contributed by atoms with Gasteiger partial charge in [0.1, 0.15) is 17.0 Å². The van der Waals surface area contributed by atoms with Gasteiger partial charge in [-0.2, -0.15) is 0 Å². The van der Waals surface area contributed by atoms with E-state index in [1.807, 2.05) is 30.3 Å². The molecule has 5 heteroatoms. The number of halogens is 1. The summed E-state index contributed by atoms with van der Waals surface area (Å²) < 4.78 is 25.8. The number of hydrogen-bond acceptors (Lipinski definition) is 2. The van der Waals surface area contributed by atoms with Gasteiger partial charge in [0.15, 0.2) is 0 Å². The number of para-hydroxylation sites is 4. The van der Waals surface area contributed by atoms with Gasteiger partial charge in [0.2, 0.25) is 0 Å². The van der Waals surface area contributed by atoms with Gasteiger partial charge in [-0.05, 0) is 84.9 Å². The fraction of sp³-hybridized carbons (Fsp3) is 0. The van der Waals surface area contributed by atoms with Gasteiger partial charge in [-0.3, -0.25) is 0 Å². The van der Waals surface area contributed by atoms with Crippen molar-refractivity contribution in [3.8, 4) is 11.4 Å².